The highest BCUT2D eigenvalue weighted by molar-refractivity contribution is 5.74. The van der Waals surface area contributed by atoms with Gasteiger partial charge in [0.25, 0.3) is 0 Å². The standard InChI is InChI=1S/C20H26F3N3O/c1-19(2,26-12-4-3-5-13-26)15-25-18(27)24-11-7-9-16-8-6-10-17(14-16)20(21,22)23/h6,8,10,14H,3-5,11-13,15H2,1-2H3,(H2,24,25,27). The Balaban J connectivity index is 1.77. The summed E-state index contributed by atoms with van der Waals surface area (Å²) in [5, 5.41) is 5.45. The molecule has 1 aromatic carbocycles. The fourth-order valence-electron chi connectivity index (χ4n) is 3.01. The summed E-state index contributed by atoms with van der Waals surface area (Å²) in [5.74, 6) is 5.31. The van der Waals surface area contributed by atoms with Crippen molar-refractivity contribution in [3.8, 4) is 11.8 Å². The zero-order valence-corrected chi connectivity index (χ0v) is 15.7. The van der Waals surface area contributed by atoms with E-state index in [0.717, 1.165) is 25.2 Å². The van der Waals surface area contributed by atoms with Crippen LogP contribution in [0.25, 0.3) is 0 Å². The van der Waals surface area contributed by atoms with Crippen LogP contribution < -0.4 is 10.6 Å². The van der Waals surface area contributed by atoms with Crippen LogP contribution in [0.15, 0.2) is 24.3 Å². The first kappa shape index (κ1) is 21.1. The smallest absolute Gasteiger partial charge is 0.336 e. The van der Waals surface area contributed by atoms with Gasteiger partial charge < -0.3 is 10.6 Å². The molecule has 2 amide bonds. The van der Waals surface area contributed by atoms with E-state index in [1.165, 1.54) is 31.4 Å². The molecule has 0 bridgehead atoms. The lowest BCUT2D eigenvalue weighted by Crippen LogP contribution is -2.54. The van der Waals surface area contributed by atoms with Crippen molar-refractivity contribution in [2.75, 3.05) is 26.2 Å². The van der Waals surface area contributed by atoms with E-state index in [0.29, 0.717) is 6.54 Å². The lowest BCUT2D eigenvalue weighted by molar-refractivity contribution is -0.137. The van der Waals surface area contributed by atoms with Crippen LogP contribution in [-0.4, -0.2) is 42.6 Å². The fraction of sp³-hybridized carbons (Fsp3) is 0.550. The molecule has 0 aliphatic carbocycles. The number of nitrogens with one attached hydrogen (secondary N) is 2. The van der Waals surface area contributed by atoms with Crippen LogP contribution in [0.3, 0.4) is 0 Å². The van der Waals surface area contributed by atoms with E-state index >= 15 is 0 Å². The fourth-order valence-corrected chi connectivity index (χ4v) is 3.01. The Morgan fingerprint density at radius 1 is 1.15 bits per heavy atom. The third kappa shape index (κ3) is 6.79. The summed E-state index contributed by atoms with van der Waals surface area (Å²) in [6.45, 7) is 6.86. The largest absolute Gasteiger partial charge is 0.416 e. The van der Waals surface area contributed by atoms with E-state index in [4.69, 9.17) is 0 Å². The molecule has 27 heavy (non-hydrogen) atoms. The molecule has 7 heteroatoms. The molecule has 1 aliphatic rings. The first-order chi connectivity index (χ1) is 12.7. The minimum Gasteiger partial charge on any atom is -0.336 e. The number of halogens is 3. The van der Waals surface area contributed by atoms with Gasteiger partial charge in [0.15, 0.2) is 0 Å². The highest BCUT2D eigenvalue weighted by atomic mass is 19.4. The molecule has 0 atom stereocenters. The molecule has 0 aromatic heterocycles. The van der Waals surface area contributed by atoms with Gasteiger partial charge in [-0.2, -0.15) is 13.2 Å². The Morgan fingerprint density at radius 3 is 2.52 bits per heavy atom. The maximum absolute atomic E-state index is 12.7. The summed E-state index contributed by atoms with van der Waals surface area (Å²) in [6, 6.07) is 4.48. The molecule has 1 aliphatic heterocycles. The Hall–Kier alpha value is -2.20. The minimum absolute atomic E-state index is 0.0617. The minimum atomic E-state index is -4.39. The van der Waals surface area contributed by atoms with E-state index in [2.05, 4.69) is 41.2 Å². The molecule has 1 heterocycles. The van der Waals surface area contributed by atoms with Gasteiger partial charge in [-0.25, -0.2) is 4.79 Å². The second-order valence-electron chi connectivity index (χ2n) is 7.28. The molecule has 0 unspecified atom stereocenters. The van der Waals surface area contributed by atoms with Gasteiger partial charge in [0, 0.05) is 17.6 Å². The first-order valence-corrected chi connectivity index (χ1v) is 9.11. The van der Waals surface area contributed by atoms with E-state index < -0.39 is 11.7 Å². The highest BCUT2D eigenvalue weighted by Gasteiger charge is 2.30. The van der Waals surface area contributed by atoms with Crippen LogP contribution in [0.2, 0.25) is 0 Å². The van der Waals surface area contributed by atoms with Gasteiger partial charge in [0.2, 0.25) is 0 Å². The van der Waals surface area contributed by atoms with Gasteiger partial charge in [-0.1, -0.05) is 24.3 Å². The third-order valence-electron chi connectivity index (χ3n) is 4.65. The molecular weight excluding hydrogens is 355 g/mol. The lowest BCUT2D eigenvalue weighted by Gasteiger charge is -2.41. The number of nitrogens with zero attached hydrogens (tertiary/aromatic N) is 1. The predicted octanol–water partition coefficient (Wildman–Crippen LogP) is 3.62. The van der Waals surface area contributed by atoms with Crippen LogP contribution in [0.4, 0.5) is 18.0 Å². The number of carbonyl (C=O) groups is 1. The second kappa shape index (κ2) is 9.14. The number of hydrogen-bond acceptors (Lipinski definition) is 2. The Labute approximate surface area is 158 Å². The summed E-state index contributed by atoms with van der Waals surface area (Å²) in [4.78, 5) is 14.3. The summed E-state index contributed by atoms with van der Waals surface area (Å²) < 4.78 is 38.0. The SMILES string of the molecule is CC(C)(CNC(=O)NCC#Cc1cccc(C(F)(F)F)c1)N1CCCCC1. The molecule has 4 nitrogen and oxygen atoms in total. The lowest BCUT2D eigenvalue weighted by atomic mass is 9.98. The monoisotopic (exact) mass is 381 g/mol. The van der Waals surface area contributed by atoms with Crippen molar-refractivity contribution in [2.24, 2.45) is 0 Å². The van der Waals surface area contributed by atoms with Gasteiger partial charge in [0.05, 0.1) is 12.1 Å². The molecule has 2 N–H and O–H groups in total. The highest BCUT2D eigenvalue weighted by Crippen LogP contribution is 2.29. The van der Waals surface area contributed by atoms with Gasteiger partial charge in [-0.15, -0.1) is 0 Å². The van der Waals surface area contributed by atoms with Crippen molar-refractivity contribution >= 4 is 6.03 Å². The summed E-state index contributed by atoms with van der Waals surface area (Å²) in [6.07, 6.45) is -0.774. The number of alkyl halides is 3. The van der Waals surface area contributed by atoms with Crippen molar-refractivity contribution in [3.05, 3.63) is 35.4 Å². The van der Waals surface area contributed by atoms with E-state index in [9.17, 15) is 18.0 Å². The van der Waals surface area contributed by atoms with Crippen LogP contribution in [0.5, 0.6) is 0 Å². The number of benzene rings is 1. The molecule has 2 rings (SSSR count). The molecule has 148 valence electrons. The van der Waals surface area contributed by atoms with Crippen molar-refractivity contribution in [1.82, 2.24) is 15.5 Å². The van der Waals surface area contributed by atoms with Crippen molar-refractivity contribution in [1.29, 1.82) is 0 Å². The maximum atomic E-state index is 12.7. The quantitative estimate of drug-likeness (QED) is 0.783. The topological polar surface area (TPSA) is 44.4 Å². The number of carbonyl (C=O) groups excluding carboxylic acids is 1. The molecule has 0 spiro atoms. The van der Waals surface area contributed by atoms with Crippen LogP contribution in [0.1, 0.15) is 44.2 Å². The number of hydrogen-bond donors (Lipinski definition) is 2. The number of rotatable bonds is 4. The molecule has 0 saturated carbocycles. The van der Waals surface area contributed by atoms with Crippen LogP contribution >= 0.6 is 0 Å². The van der Waals surface area contributed by atoms with Gasteiger partial charge in [-0.05, 0) is 58.0 Å². The molecule has 1 aromatic rings. The molecular formula is C20H26F3N3O. The molecule has 1 saturated heterocycles. The average molecular weight is 381 g/mol. The Bertz CT molecular complexity index is 698. The number of amides is 2. The zero-order valence-electron chi connectivity index (χ0n) is 15.7. The Kier molecular flexibility index (Phi) is 7.14. The number of piperidine rings is 1. The summed E-state index contributed by atoms with van der Waals surface area (Å²) in [5.41, 5.74) is -0.597. The van der Waals surface area contributed by atoms with E-state index in [1.807, 2.05) is 0 Å². The van der Waals surface area contributed by atoms with Gasteiger partial charge >= 0.3 is 12.2 Å². The van der Waals surface area contributed by atoms with Crippen molar-refractivity contribution < 1.29 is 18.0 Å². The first-order valence-electron chi connectivity index (χ1n) is 9.11. The van der Waals surface area contributed by atoms with Crippen LogP contribution in [-0.2, 0) is 6.18 Å². The van der Waals surface area contributed by atoms with E-state index in [-0.39, 0.29) is 23.7 Å². The molecule has 1 fully saturated rings. The van der Waals surface area contributed by atoms with Gasteiger partial charge in [-0.3, -0.25) is 4.90 Å². The Morgan fingerprint density at radius 2 is 1.85 bits per heavy atom. The summed E-state index contributed by atoms with van der Waals surface area (Å²) in [7, 11) is 0. The summed E-state index contributed by atoms with van der Waals surface area (Å²) >= 11 is 0. The third-order valence-corrected chi connectivity index (χ3v) is 4.65. The molecule has 0 radical (unpaired) electrons. The zero-order chi connectivity index (χ0) is 19.9. The number of urea groups is 1. The average Bonchev–Trinajstić information content (AvgIpc) is 2.64. The van der Waals surface area contributed by atoms with Crippen LogP contribution in [0, 0.1) is 11.8 Å². The maximum Gasteiger partial charge on any atom is 0.416 e. The van der Waals surface area contributed by atoms with Crippen molar-refractivity contribution in [2.45, 2.75) is 44.8 Å². The van der Waals surface area contributed by atoms with Gasteiger partial charge in [0.1, 0.15) is 0 Å². The van der Waals surface area contributed by atoms with E-state index in [1.54, 1.807) is 0 Å². The predicted molar refractivity (Wildman–Crippen MR) is 99.2 cm³/mol. The van der Waals surface area contributed by atoms with Crippen molar-refractivity contribution in [3.63, 3.8) is 0 Å². The number of likely N-dealkylation sites (tertiary alicyclic amines) is 1. The normalized spacial score (nSPS) is 15.6. The second-order valence-corrected chi connectivity index (χ2v) is 7.28.